The van der Waals surface area contributed by atoms with Gasteiger partial charge >= 0.3 is 0 Å². The van der Waals surface area contributed by atoms with Gasteiger partial charge in [-0.1, -0.05) is 106 Å². The quantitative estimate of drug-likeness (QED) is 0.125. The zero-order valence-electron chi connectivity index (χ0n) is 23.2. The maximum Gasteiger partial charge on any atom is 0.0927 e. The van der Waals surface area contributed by atoms with Crippen LogP contribution in [0.2, 0.25) is 0 Å². The van der Waals surface area contributed by atoms with E-state index in [-0.39, 0.29) is 24.5 Å². The van der Waals surface area contributed by atoms with Gasteiger partial charge in [-0.2, -0.15) is 17.2 Å². The summed E-state index contributed by atoms with van der Waals surface area (Å²) in [6.07, 6.45) is 0. The van der Waals surface area contributed by atoms with Crippen molar-refractivity contribution in [1.82, 2.24) is 34.9 Å². The van der Waals surface area contributed by atoms with Gasteiger partial charge in [0.25, 0.3) is 0 Å². The van der Waals surface area contributed by atoms with E-state index in [2.05, 4.69) is 6.07 Å². The summed E-state index contributed by atoms with van der Waals surface area (Å²) in [5.41, 5.74) is 7.35. The fourth-order valence-electron chi connectivity index (χ4n) is 5.52. The number of hydrogen-bond donors (Lipinski definition) is 0. The zero-order chi connectivity index (χ0) is 28.2. The van der Waals surface area contributed by atoms with Gasteiger partial charge in [0.15, 0.2) is 0 Å². The normalized spacial score (nSPS) is 11.0. The summed E-state index contributed by atoms with van der Waals surface area (Å²) in [6.45, 7) is 4.00. The fraction of sp³-hybridized carbons (Fsp3) is 0.0833. The second-order valence-corrected chi connectivity index (χ2v) is 9.73. The van der Waals surface area contributed by atoms with E-state index in [1.807, 2.05) is 111 Å². The van der Waals surface area contributed by atoms with E-state index in [4.69, 9.17) is 34.9 Å². The smallest absolute Gasteiger partial charge is 0.0927 e. The van der Waals surface area contributed by atoms with Crippen molar-refractivity contribution < 1.29 is 17.1 Å². The van der Waals surface area contributed by atoms with Crippen LogP contribution in [0, 0.1) is 6.07 Å². The minimum absolute atomic E-state index is 0. The molecule has 8 bridgehead atoms. The van der Waals surface area contributed by atoms with E-state index in [1.165, 1.54) is 0 Å². The molecule has 3 aromatic heterocycles. The van der Waals surface area contributed by atoms with Gasteiger partial charge < -0.3 is 29.9 Å². The van der Waals surface area contributed by atoms with Gasteiger partial charge in [-0.15, -0.1) is 23.5 Å². The van der Waals surface area contributed by atoms with E-state index in [1.54, 1.807) is 0 Å². The fourth-order valence-corrected chi connectivity index (χ4v) is 5.52. The second-order valence-electron chi connectivity index (χ2n) is 9.73. The van der Waals surface area contributed by atoms with Crippen LogP contribution < -0.4 is 9.97 Å². The van der Waals surface area contributed by atoms with Gasteiger partial charge in [-0.3, -0.25) is 0 Å². The molecule has 219 valence electrons. The van der Waals surface area contributed by atoms with Crippen LogP contribution in [0.5, 0.6) is 0 Å². The Morgan fingerprint density at radius 2 is 0.750 bits per heavy atom. The Hall–Kier alpha value is -5.17. The maximum absolute atomic E-state index is 5.00. The van der Waals surface area contributed by atoms with Crippen LogP contribution in [-0.4, -0.2) is 24.9 Å². The molecular weight excluding hydrogens is 594 g/mol. The van der Waals surface area contributed by atoms with Crippen LogP contribution in [0.3, 0.4) is 0 Å². The molecule has 9 rings (SSSR count). The Morgan fingerprint density at radius 1 is 0.432 bits per heavy atom. The van der Waals surface area contributed by atoms with Crippen molar-refractivity contribution in [1.29, 1.82) is 0 Å². The van der Waals surface area contributed by atoms with E-state index in [9.17, 15) is 0 Å². The van der Waals surface area contributed by atoms with Gasteiger partial charge in [-0.25, -0.2) is 4.98 Å². The first kappa shape index (κ1) is 28.9. The molecule has 1 aliphatic carbocycles. The average molecular weight is 620 g/mol. The summed E-state index contributed by atoms with van der Waals surface area (Å²) in [6, 6.07) is 35.5. The predicted octanol–water partition coefficient (Wildman–Crippen LogP) is 8.19. The van der Waals surface area contributed by atoms with Crippen LogP contribution in [0.25, 0.3) is 89.4 Å². The topological polar surface area (TPSA) is 92.6 Å². The minimum Gasteiger partial charge on any atom is -0.388 e. The molecule has 1 radical (unpaired) electrons. The van der Waals surface area contributed by atoms with Crippen molar-refractivity contribution in [3.63, 3.8) is 0 Å². The molecule has 0 atom stereocenters. The third-order valence-corrected chi connectivity index (χ3v) is 7.40. The van der Waals surface area contributed by atoms with E-state index in [0.717, 1.165) is 43.8 Å². The molecule has 4 heterocycles. The predicted molar refractivity (Wildman–Crippen MR) is 173 cm³/mol. The Bertz CT molecular complexity index is 2030. The number of rotatable bonds is 0. The molecular formula is C36H26CuN7-3. The Labute approximate surface area is 265 Å². The molecule has 7 nitrogen and oxygen atoms in total. The van der Waals surface area contributed by atoms with Crippen molar-refractivity contribution >= 4 is 44.1 Å². The van der Waals surface area contributed by atoms with E-state index >= 15 is 0 Å². The summed E-state index contributed by atoms with van der Waals surface area (Å²) >= 11 is 0. The molecule has 0 N–H and O–H groups in total. The number of benzene rings is 4. The van der Waals surface area contributed by atoms with Crippen molar-refractivity contribution in [2.24, 2.45) is 0 Å². The summed E-state index contributed by atoms with van der Waals surface area (Å²) in [5.74, 6) is 1.12. The summed E-state index contributed by atoms with van der Waals surface area (Å²) in [7, 11) is 0. The molecule has 4 aromatic carbocycles. The molecule has 0 unspecified atom stereocenters. The monoisotopic (exact) mass is 619 g/mol. The zero-order valence-corrected chi connectivity index (χ0v) is 24.1. The standard InChI is InChI=1S/C33H16N7.C2H6.CH4.Cu/c1-2-10-19-18(9-1)26-17-27(19)35-29-21-12-4-6-14-23(21)31(37-29)39-33-25-16-8-7-15-24(25)32(40-33)38-30-22-13-5-3-11-20(22)28(34-26)36-30;1-2;;/h1-16H;1-2H3;1H4;/q-3;;;. The molecule has 0 fully saturated rings. The van der Waals surface area contributed by atoms with Crippen LogP contribution in [-0.2, 0) is 17.1 Å². The maximum atomic E-state index is 5.00. The summed E-state index contributed by atoms with van der Waals surface area (Å²) in [5, 5.41) is 3.64. The molecule has 8 heteroatoms. The number of fused-ring (bicyclic) bond motifs is 20. The van der Waals surface area contributed by atoms with Crippen LogP contribution in [0.4, 0.5) is 0 Å². The van der Waals surface area contributed by atoms with E-state index < -0.39 is 0 Å². The largest absolute Gasteiger partial charge is 0.388 e. The van der Waals surface area contributed by atoms with Gasteiger partial charge in [0.1, 0.15) is 0 Å². The van der Waals surface area contributed by atoms with Gasteiger partial charge in [-0.05, 0) is 21.5 Å². The number of aromatic nitrogens is 7. The Balaban J connectivity index is 0.000000842. The third-order valence-electron chi connectivity index (χ3n) is 7.40. The molecule has 1 aliphatic heterocycles. The second kappa shape index (κ2) is 11.5. The van der Waals surface area contributed by atoms with Crippen molar-refractivity contribution in [3.8, 4) is 45.3 Å². The molecule has 2 aliphatic rings. The third kappa shape index (κ3) is 4.47. The molecule has 0 amide bonds. The molecule has 0 saturated heterocycles. The molecule has 44 heavy (non-hydrogen) atoms. The molecule has 7 aromatic rings. The first-order chi connectivity index (χ1) is 20.8. The molecule has 0 saturated carbocycles. The van der Waals surface area contributed by atoms with Crippen molar-refractivity contribution in [3.05, 3.63) is 103 Å². The van der Waals surface area contributed by atoms with E-state index in [0.29, 0.717) is 45.6 Å². The van der Waals surface area contributed by atoms with Crippen LogP contribution in [0.15, 0.2) is 97.1 Å². The number of nitrogens with zero attached hydrogens (tertiary/aromatic N) is 7. The minimum atomic E-state index is 0. The van der Waals surface area contributed by atoms with Gasteiger partial charge in [0.2, 0.25) is 0 Å². The average Bonchev–Trinajstić information content (AvgIpc) is 3.78. The number of hydrogen-bond acceptors (Lipinski definition) is 5. The Morgan fingerprint density at radius 3 is 1.14 bits per heavy atom. The van der Waals surface area contributed by atoms with Gasteiger partial charge in [0, 0.05) is 50.8 Å². The van der Waals surface area contributed by atoms with Crippen molar-refractivity contribution in [2.75, 3.05) is 0 Å². The van der Waals surface area contributed by atoms with Gasteiger partial charge in [0.05, 0.1) is 11.6 Å². The Kier molecular flexibility index (Phi) is 7.55. The first-order valence-electron chi connectivity index (χ1n) is 13.9. The SMILES string of the molecule is C.CC.[Cu].[c-]1c2nc3[n-]c(nc4nc(nc5[n-]c(nc1-c1ccccc1-2)c1ccccc51)-c1ccccc1-4)c1ccccc31. The summed E-state index contributed by atoms with van der Waals surface area (Å²) in [4.78, 5) is 34.6. The summed E-state index contributed by atoms with van der Waals surface area (Å²) < 4.78 is 0. The molecule has 0 spiro atoms. The van der Waals surface area contributed by atoms with Crippen LogP contribution in [0.1, 0.15) is 21.3 Å². The van der Waals surface area contributed by atoms with Crippen LogP contribution >= 0.6 is 0 Å². The van der Waals surface area contributed by atoms with Crippen molar-refractivity contribution in [2.45, 2.75) is 21.3 Å². The first-order valence-corrected chi connectivity index (χ1v) is 13.9.